The summed E-state index contributed by atoms with van der Waals surface area (Å²) < 4.78 is 22.2. The first-order chi connectivity index (χ1) is 28.8. The van der Waals surface area contributed by atoms with Crippen molar-refractivity contribution in [1.29, 1.82) is 0 Å². The smallest absolute Gasteiger partial charge is 0.306 e. The average molecular weight is 835 g/mol. The van der Waals surface area contributed by atoms with Gasteiger partial charge in [0.1, 0.15) is 31.0 Å². The maximum Gasteiger partial charge on any atom is 0.306 e. The minimum Gasteiger partial charge on any atom is -0.462 e. The molecule has 0 aromatic rings. The molecule has 1 heterocycles. The Morgan fingerprint density at radius 2 is 1.00 bits per heavy atom. The van der Waals surface area contributed by atoms with Gasteiger partial charge in [0.05, 0.1) is 13.2 Å². The summed E-state index contributed by atoms with van der Waals surface area (Å²) in [5, 5.41) is 40.1. The molecule has 59 heavy (non-hydrogen) atoms. The van der Waals surface area contributed by atoms with Crippen LogP contribution in [0, 0.1) is 0 Å². The van der Waals surface area contributed by atoms with Gasteiger partial charge < -0.3 is 39.4 Å². The summed E-state index contributed by atoms with van der Waals surface area (Å²) in [7, 11) is 0. The van der Waals surface area contributed by atoms with Crippen LogP contribution in [0.5, 0.6) is 0 Å². The number of hydrogen-bond acceptors (Lipinski definition) is 10. The second-order valence-electron chi connectivity index (χ2n) is 16.2. The number of carbonyl (C=O) groups is 2. The highest BCUT2D eigenvalue weighted by Crippen LogP contribution is 2.23. The van der Waals surface area contributed by atoms with Crippen molar-refractivity contribution in [2.24, 2.45) is 0 Å². The van der Waals surface area contributed by atoms with E-state index in [1.165, 1.54) is 83.5 Å². The van der Waals surface area contributed by atoms with Crippen molar-refractivity contribution in [3.63, 3.8) is 0 Å². The molecular weight excluding hydrogens is 749 g/mol. The number of aliphatic hydroxyl groups excluding tert-OH is 4. The molecule has 0 aromatic heterocycles. The van der Waals surface area contributed by atoms with E-state index in [0.29, 0.717) is 12.8 Å². The first-order valence-electron chi connectivity index (χ1n) is 23.7. The first-order valence-corrected chi connectivity index (χ1v) is 23.7. The van der Waals surface area contributed by atoms with E-state index >= 15 is 0 Å². The molecule has 0 radical (unpaired) electrons. The van der Waals surface area contributed by atoms with Crippen LogP contribution in [0.25, 0.3) is 0 Å². The molecule has 2 unspecified atom stereocenters. The van der Waals surface area contributed by atoms with E-state index in [1.807, 2.05) is 0 Å². The highest BCUT2D eigenvalue weighted by Gasteiger charge is 2.44. The molecule has 10 nitrogen and oxygen atoms in total. The van der Waals surface area contributed by atoms with E-state index in [9.17, 15) is 30.0 Å². The number of aliphatic hydroxyl groups is 4. The predicted octanol–water partition coefficient (Wildman–Crippen LogP) is 10.4. The number of ether oxygens (including phenoxy) is 4. The topological polar surface area (TPSA) is 152 Å². The van der Waals surface area contributed by atoms with Crippen LogP contribution >= 0.6 is 0 Å². The van der Waals surface area contributed by atoms with Crippen LogP contribution in [0.2, 0.25) is 0 Å². The molecule has 1 aliphatic heterocycles. The average Bonchev–Trinajstić information content (AvgIpc) is 3.23. The zero-order chi connectivity index (χ0) is 43.0. The van der Waals surface area contributed by atoms with Gasteiger partial charge in [0.15, 0.2) is 12.4 Å². The molecule has 1 fully saturated rings. The Hall–Kier alpha value is -2.34. The molecule has 0 aliphatic carbocycles. The number of allylic oxidation sites excluding steroid dienone is 8. The van der Waals surface area contributed by atoms with E-state index < -0.39 is 55.4 Å². The van der Waals surface area contributed by atoms with Crippen molar-refractivity contribution in [3.05, 3.63) is 48.6 Å². The van der Waals surface area contributed by atoms with Gasteiger partial charge in [-0.05, 0) is 70.6 Å². The van der Waals surface area contributed by atoms with E-state index in [1.54, 1.807) is 0 Å². The van der Waals surface area contributed by atoms with Gasteiger partial charge in [-0.2, -0.15) is 0 Å². The number of rotatable bonds is 39. The Labute approximate surface area is 358 Å². The van der Waals surface area contributed by atoms with Crippen molar-refractivity contribution in [3.8, 4) is 0 Å². The van der Waals surface area contributed by atoms with Gasteiger partial charge in [0, 0.05) is 12.8 Å². The molecule has 6 atom stereocenters. The number of hydrogen-bond donors (Lipinski definition) is 4. The summed E-state index contributed by atoms with van der Waals surface area (Å²) in [4.78, 5) is 25.4. The van der Waals surface area contributed by atoms with Gasteiger partial charge in [-0.25, -0.2) is 0 Å². The Morgan fingerprint density at radius 3 is 1.53 bits per heavy atom. The van der Waals surface area contributed by atoms with E-state index in [2.05, 4.69) is 62.5 Å². The molecule has 1 saturated heterocycles. The van der Waals surface area contributed by atoms with Gasteiger partial charge in [-0.1, -0.05) is 159 Å². The third-order valence-electron chi connectivity index (χ3n) is 10.7. The summed E-state index contributed by atoms with van der Waals surface area (Å²) in [5.41, 5.74) is 0. The zero-order valence-electron chi connectivity index (χ0n) is 37.2. The largest absolute Gasteiger partial charge is 0.462 e. The third-order valence-corrected chi connectivity index (χ3v) is 10.7. The molecule has 10 heteroatoms. The Kier molecular flexibility index (Phi) is 36.9. The summed E-state index contributed by atoms with van der Waals surface area (Å²) in [6, 6.07) is 0. The minimum atomic E-state index is -1.60. The van der Waals surface area contributed by atoms with Crippen LogP contribution in [-0.2, 0) is 28.5 Å². The maximum absolute atomic E-state index is 12.8. The van der Waals surface area contributed by atoms with Crippen molar-refractivity contribution in [1.82, 2.24) is 0 Å². The molecule has 4 N–H and O–H groups in total. The van der Waals surface area contributed by atoms with Crippen molar-refractivity contribution in [2.45, 2.75) is 230 Å². The molecule has 0 bridgehead atoms. The lowest BCUT2D eigenvalue weighted by molar-refractivity contribution is -0.305. The van der Waals surface area contributed by atoms with Gasteiger partial charge in [0.2, 0.25) is 0 Å². The van der Waals surface area contributed by atoms with Crippen LogP contribution < -0.4 is 0 Å². The summed E-state index contributed by atoms with van der Waals surface area (Å²) in [6.07, 6.45) is 39.7. The minimum absolute atomic E-state index is 0.223. The maximum atomic E-state index is 12.8. The third kappa shape index (κ3) is 31.2. The molecule has 1 rings (SSSR count). The lowest BCUT2D eigenvalue weighted by Gasteiger charge is -2.39. The van der Waals surface area contributed by atoms with Crippen LogP contribution in [0.3, 0.4) is 0 Å². The van der Waals surface area contributed by atoms with Gasteiger partial charge >= 0.3 is 11.9 Å². The quantitative estimate of drug-likeness (QED) is 0.0267. The fourth-order valence-corrected chi connectivity index (χ4v) is 6.96. The van der Waals surface area contributed by atoms with Crippen LogP contribution in [0.1, 0.15) is 194 Å². The second-order valence-corrected chi connectivity index (χ2v) is 16.2. The predicted molar refractivity (Wildman–Crippen MR) is 238 cm³/mol. The molecule has 342 valence electrons. The van der Waals surface area contributed by atoms with Gasteiger partial charge in [-0.15, -0.1) is 0 Å². The number of esters is 2. The highest BCUT2D eigenvalue weighted by molar-refractivity contribution is 5.70. The van der Waals surface area contributed by atoms with Crippen LogP contribution in [-0.4, -0.2) is 89.0 Å². The summed E-state index contributed by atoms with van der Waals surface area (Å²) >= 11 is 0. The number of unbranched alkanes of at least 4 members (excludes halogenated alkanes) is 20. The zero-order valence-corrected chi connectivity index (χ0v) is 37.2. The summed E-state index contributed by atoms with van der Waals surface area (Å²) in [6.45, 7) is 3.29. The van der Waals surface area contributed by atoms with Crippen molar-refractivity contribution < 1.29 is 49.0 Å². The lowest BCUT2D eigenvalue weighted by Crippen LogP contribution is -2.59. The summed E-state index contributed by atoms with van der Waals surface area (Å²) in [5.74, 6) is -0.827. The fraction of sp³-hybridized carbons (Fsp3) is 0.796. The standard InChI is InChI=1S/C49H86O10/c1-3-5-7-9-11-13-15-17-19-20-21-22-24-26-28-30-32-34-36-38-45(52)58-42(41-57-49-48(55)47(54)46(53)43(39-50)59-49)40-56-44(51)37-35-33-31-29-27-25-23-18-16-14-12-10-8-6-4-2/h6,8,12,14,17-19,23,42-43,46-50,53-55H,3-5,7,9-11,13,15-16,20-22,24-41H2,1-2H3/b8-6+,14-12+,19-17+,23-18+/t42-,43-,46+,47?,48?,49-/m1/s1. The second kappa shape index (κ2) is 39.8. The van der Waals surface area contributed by atoms with E-state index in [4.69, 9.17) is 18.9 Å². The van der Waals surface area contributed by atoms with Crippen molar-refractivity contribution in [2.75, 3.05) is 19.8 Å². The SMILES string of the molecule is CC/C=C/C/C=C/C/C=C/CCCCCCCC(=O)OC[C@H](CO[C@@H]1O[C@H](CO)[C@H](O)C(O)C1O)OC(=O)CCCCCCCCCCC/C=C/CCCCCCCC. The van der Waals surface area contributed by atoms with Crippen LogP contribution in [0.15, 0.2) is 48.6 Å². The normalized spacial score (nSPS) is 20.4. The van der Waals surface area contributed by atoms with Crippen LogP contribution in [0.4, 0.5) is 0 Å². The van der Waals surface area contributed by atoms with Gasteiger partial charge in [0.25, 0.3) is 0 Å². The molecule has 0 spiro atoms. The molecule has 0 saturated carbocycles. The molecule has 0 aromatic carbocycles. The lowest BCUT2D eigenvalue weighted by atomic mass is 9.99. The fourth-order valence-electron chi connectivity index (χ4n) is 6.96. The number of carbonyl (C=O) groups excluding carboxylic acids is 2. The monoisotopic (exact) mass is 835 g/mol. The molecule has 1 aliphatic rings. The highest BCUT2D eigenvalue weighted by atomic mass is 16.7. The molecular formula is C49H86O10. The molecule has 0 amide bonds. The van der Waals surface area contributed by atoms with Crippen molar-refractivity contribution >= 4 is 11.9 Å². The Bertz CT molecular complexity index is 1100. The van der Waals surface area contributed by atoms with E-state index in [0.717, 1.165) is 70.6 Å². The first kappa shape index (κ1) is 54.7. The Balaban J connectivity index is 2.31. The van der Waals surface area contributed by atoms with Gasteiger partial charge in [-0.3, -0.25) is 9.59 Å². The van der Waals surface area contributed by atoms with E-state index in [-0.39, 0.29) is 26.1 Å². The Morgan fingerprint density at radius 1 is 0.542 bits per heavy atom.